The first kappa shape index (κ1) is 9.51. The fourth-order valence-electron chi connectivity index (χ4n) is 0.768. The van der Waals surface area contributed by atoms with Crippen molar-refractivity contribution in [2.75, 3.05) is 0 Å². The third kappa shape index (κ3) is 2.74. The number of rotatable bonds is 3. The number of hydrogen-bond acceptors (Lipinski definition) is 2. The number of carboxylic acids is 1. The predicted molar refractivity (Wildman–Crippen MR) is 44.1 cm³/mol. The molecule has 0 radical (unpaired) electrons. The van der Waals surface area contributed by atoms with Crippen molar-refractivity contribution in [1.29, 1.82) is 0 Å². The molecule has 1 aromatic carbocycles. The van der Waals surface area contributed by atoms with E-state index in [1.54, 1.807) is 0 Å². The zero-order valence-electron chi connectivity index (χ0n) is 7.03. The average molecular weight is 184 g/mol. The molecule has 0 bridgehead atoms. The Morgan fingerprint density at radius 1 is 1.46 bits per heavy atom. The second-order valence-corrected chi connectivity index (χ2v) is 2.55. The van der Waals surface area contributed by atoms with Crippen LogP contribution in [0, 0.1) is 5.82 Å². The van der Waals surface area contributed by atoms with Crippen molar-refractivity contribution in [3.63, 3.8) is 0 Å². The Morgan fingerprint density at radius 3 is 2.46 bits per heavy atom. The van der Waals surface area contributed by atoms with Gasteiger partial charge in [-0.25, -0.2) is 9.18 Å². The SMILES string of the molecule is C[C@@H](Oc1ccc(F)cc1)C(=O)O. The van der Waals surface area contributed by atoms with Gasteiger partial charge >= 0.3 is 5.97 Å². The van der Waals surface area contributed by atoms with Gasteiger partial charge in [0, 0.05) is 0 Å². The molecule has 0 saturated carbocycles. The van der Waals surface area contributed by atoms with Gasteiger partial charge in [-0.1, -0.05) is 0 Å². The highest BCUT2D eigenvalue weighted by atomic mass is 19.1. The first-order valence-electron chi connectivity index (χ1n) is 3.74. The van der Waals surface area contributed by atoms with E-state index in [1.807, 2.05) is 0 Å². The maximum atomic E-state index is 12.4. The summed E-state index contributed by atoms with van der Waals surface area (Å²) in [6.07, 6.45) is -0.925. The van der Waals surface area contributed by atoms with E-state index in [1.165, 1.54) is 31.2 Å². The first-order valence-corrected chi connectivity index (χ1v) is 3.74. The summed E-state index contributed by atoms with van der Waals surface area (Å²) in [5.74, 6) is -1.09. The highest BCUT2D eigenvalue weighted by Gasteiger charge is 2.11. The summed E-state index contributed by atoms with van der Waals surface area (Å²) in [7, 11) is 0. The maximum Gasteiger partial charge on any atom is 0.344 e. The number of benzene rings is 1. The molecule has 13 heavy (non-hydrogen) atoms. The minimum absolute atomic E-state index is 0.344. The lowest BCUT2D eigenvalue weighted by atomic mass is 10.3. The lowest BCUT2D eigenvalue weighted by Gasteiger charge is -2.09. The molecule has 0 unspecified atom stereocenters. The molecule has 0 heterocycles. The molecule has 3 nitrogen and oxygen atoms in total. The molecule has 0 fully saturated rings. The van der Waals surface area contributed by atoms with Gasteiger partial charge in [-0.3, -0.25) is 0 Å². The van der Waals surface area contributed by atoms with Crippen LogP contribution >= 0.6 is 0 Å². The summed E-state index contributed by atoms with van der Waals surface area (Å²) in [6.45, 7) is 1.41. The Morgan fingerprint density at radius 2 is 2.00 bits per heavy atom. The lowest BCUT2D eigenvalue weighted by Crippen LogP contribution is -2.22. The van der Waals surface area contributed by atoms with E-state index in [0.717, 1.165) is 0 Å². The van der Waals surface area contributed by atoms with Crippen molar-refractivity contribution < 1.29 is 19.0 Å². The number of ether oxygens (including phenoxy) is 1. The predicted octanol–water partition coefficient (Wildman–Crippen LogP) is 1.68. The molecule has 0 aliphatic heterocycles. The molecule has 0 aliphatic carbocycles. The number of aliphatic carboxylic acids is 1. The van der Waals surface area contributed by atoms with Crippen LogP contribution in [0.25, 0.3) is 0 Å². The van der Waals surface area contributed by atoms with Gasteiger partial charge in [0.25, 0.3) is 0 Å². The maximum absolute atomic E-state index is 12.4. The Labute approximate surface area is 74.8 Å². The Bertz CT molecular complexity index is 294. The second kappa shape index (κ2) is 3.89. The van der Waals surface area contributed by atoms with Crippen molar-refractivity contribution in [3.05, 3.63) is 30.1 Å². The topological polar surface area (TPSA) is 46.5 Å². The molecular formula is C9H9FO3. The van der Waals surface area contributed by atoms with Crippen LogP contribution in [0.5, 0.6) is 5.75 Å². The van der Waals surface area contributed by atoms with Crippen LogP contribution in [0.3, 0.4) is 0 Å². The average Bonchev–Trinajstić information content (AvgIpc) is 2.08. The number of carbonyl (C=O) groups is 1. The Balaban J connectivity index is 2.64. The molecule has 70 valence electrons. The van der Waals surface area contributed by atoms with Crippen molar-refractivity contribution in [1.82, 2.24) is 0 Å². The van der Waals surface area contributed by atoms with Crippen LogP contribution in [0.2, 0.25) is 0 Å². The van der Waals surface area contributed by atoms with Crippen LogP contribution in [0.1, 0.15) is 6.92 Å². The van der Waals surface area contributed by atoms with Crippen molar-refractivity contribution in [2.45, 2.75) is 13.0 Å². The number of carboxylic acid groups (broad SMARTS) is 1. The van der Waals surface area contributed by atoms with Gasteiger partial charge in [-0.2, -0.15) is 0 Å². The molecule has 1 N–H and O–H groups in total. The van der Waals surface area contributed by atoms with E-state index in [9.17, 15) is 9.18 Å². The lowest BCUT2D eigenvalue weighted by molar-refractivity contribution is -0.144. The summed E-state index contributed by atoms with van der Waals surface area (Å²) in [4.78, 5) is 10.4. The van der Waals surface area contributed by atoms with E-state index in [2.05, 4.69) is 0 Å². The highest BCUT2D eigenvalue weighted by Crippen LogP contribution is 2.12. The molecule has 0 aliphatic rings. The van der Waals surface area contributed by atoms with Gasteiger partial charge in [-0.05, 0) is 31.2 Å². The smallest absolute Gasteiger partial charge is 0.344 e. The fourth-order valence-corrected chi connectivity index (χ4v) is 0.768. The normalized spacial score (nSPS) is 12.2. The van der Waals surface area contributed by atoms with Gasteiger partial charge in [0.2, 0.25) is 0 Å². The summed E-state index contributed by atoms with van der Waals surface area (Å²) < 4.78 is 17.4. The van der Waals surface area contributed by atoms with Gasteiger partial charge in [0.15, 0.2) is 6.10 Å². The largest absolute Gasteiger partial charge is 0.479 e. The van der Waals surface area contributed by atoms with E-state index in [0.29, 0.717) is 5.75 Å². The Kier molecular flexibility index (Phi) is 2.84. The van der Waals surface area contributed by atoms with Crippen molar-refractivity contribution in [3.8, 4) is 5.75 Å². The van der Waals surface area contributed by atoms with E-state index < -0.39 is 12.1 Å². The van der Waals surface area contributed by atoms with Gasteiger partial charge in [0.05, 0.1) is 0 Å². The molecular weight excluding hydrogens is 175 g/mol. The Hall–Kier alpha value is -1.58. The zero-order valence-corrected chi connectivity index (χ0v) is 7.03. The van der Waals surface area contributed by atoms with E-state index in [4.69, 9.17) is 9.84 Å². The highest BCUT2D eigenvalue weighted by molar-refractivity contribution is 5.72. The first-order chi connectivity index (χ1) is 6.09. The minimum Gasteiger partial charge on any atom is -0.479 e. The molecule has 0 saturated heterocycles. The van der Waals surface area contributed by atoms with Crippen LogP contribution in [-0.4, -0.2) is 17.2 Å². The van der Waals surface area contributed by atoms with Gasteiger partial charge < -0.3 is 9.84 Å². The quantitative estimate of drug-likeness (QED) is 0.777. The molecule has 0 spiro atoms. The monoisotopic (exact) mass is 184 g/mol. The van der Waals surface area contributed by atoms with Crippen LogP contribution in [-0.2, 0) is 4.79 Å². The standard InChI is InChI=1S/C9H9FO3/c1-6(9(11)12)13-8-4-2-7(10)3-5-8/h2-6H,1H3,(H,11,12)/t6-/m1/s1. The minimum atomic E-state index is -1.05. The molecule has 0 amide bonds. The zero-order chi connectivity index (χ0) is 9.84. The third-order valence-corrected chi connectivity index (χ3v) is 1.47. The van der Waals surface area contributed by atoms with Gasteiger partial charge in [0.1, 0.15) is 11.6 Å². The van der Waals surface area contributed by atoms with Crippen molar-refractivity contribution >= 4 is 5.97 Å². The number of halogens is 1. The third-order valence-electron chi connectivity index (χ3n) is 1.47. The molecule has 1 rings (SSSR count). The molecule has 1 atom stereocenters. The summed E-state index contributed by atoms with van der Waals surface area (Å²) in [5.41, 5.74) is 0. The van der Waals surface area contributed by atoms with E-state index in [-0.39, 0.29) is 5.82 Å². The summed E-state index contributed by atoms with van der Waals surface area (Å²) in [5, 5.41) is 8.50. The summed E-state index contributed by atoms with van der Waals surface area (Å²) >= 11 is 0. The molecule has 4 heteroatoms. The molecule has 0 aromatic heterocycles. The van der Waals surface area contributed by atoms with Crippen LogP contribution in [0.4, 0.5) is 4.39 Å². The number of hydrogen-bond donors (Lipinski definition) is 1. The molecule has 1 aromatic rings. The summed E-state index contributed by atoms with van der Waals surface area (Å²) in [6, 6.07) is 5.19. The second-order valence-electron chi connectivity index (χ2n) is 2.55. The van der Waals surface area contributed by atoms with E-state index >= 15 is 0 Å². The van der Waals surface area contributed by atoms with Crippen LogP contribution in [0.15, 0.2) is 24.3 Å². The van der Waals surface area contributed by atoms with Gasteiger partial charge in [-0.15, -0.1) is 0 Å². The fraction of sp³-hybridized carbons (Fsp3) is 0.222. The van der Waals surface area contributed by atoms with Crippen molar-refractivity contribution in [2.24, 2.45) is 0 Å². The van der Waals surface area contributed by atoms with Crippen LogP contribution < -0.4 is 4.74 Å².